The summed E-state index contributed by atoms with van der Waals surface area (Å²) in [7, 11) is 1.62. The summed E-state index contributed by atoms with van der Waals surface area (Å²) in [4.78, 5) is 16.1. The van der Waals surface area contributed by atoms with Gasteiger partial charge in [-0.1, -0.05) is 24.3 Å². The molecule has 5 nitrogen and oxygen atoms in total. The smallest absolute Gasteiger partial charge is 0.418 e. The average molecular weight is 393 g/mol. The zero-order valence-electron chi connectivity index (χ0n) is 15.5. The fraction of sp³-hybridized carbons (Fsp3) is 0.350. The number of hydrogen-bond acceptors (Lipinski definition) is 3. The molecule has 28 heavy (non-hydrogen) atoms. The minimum absolute atomic E-state index is 0.222. The highest BCUT2D eigenvalue weighted by Crippen LogP contribution is 2.34. The predicted molar refractivity (Wildman–Crippen MR) is 100 cm³/mol. The van der Waals surface area contributed by atoms with Crippen LogP contribution in [0.4, 0.5) is 23.7 Å². The van der Waals surface area contributed by atoms with Crippen LogP contribution in [-0.2, 0) is 12.7 Å². The van der Waals surface area contributed by atoms with Crippen LogP contribution in [0.25, 0.3) is 0 Å². The number of nitrogens with zero attached hydrogens (tertiary/aromatic N) is 2. The van der Waals surface area contributed by atoms with Gasteiger partial charge in [-0.05, 0) is 29.8 Å². The summed E-state index contributed by atoms with van der Waals surface area (Å²) >= 11 is 0. The summed E-state index contributed by atoms with van der Waals surface area (Å²) in [6, 6.07) is 12.3. The maximum Gasteiger partial charge on any atom is 0.418 e. The van der Waals surface area contributed by atoms with E-state index in [2.05, 4.69) is 10.2 Å². The number of halogens is 3. The van der Waals surface area contributed by atoms with Crippen LogP contribution in [0.5, 0.6) is 5.75 Å². The SMILES string of the molecule is COc1ccc(CN2CCN(C(=O)Nc3ccccc3C(F)(F)F)CC2)cc1. The number of nitrogens with one attached hydrogen (secondary N) is 1. The zero-order chi connectivity index (χ0) is 20.1. The number of benzene rings is 2. The first-order chi connectivity index (χ1) is 13.4. The van der Waals surface area contributed by atoms with E-state index in [0.717, 1.165) is 23.9 Å². The molecule has 2 aromatic carbocycles. The van der Waals surface area contributed by atoms with E-state index in [4.69, 9.17) is 4.74 Å². The Bertz CT molecular complexity index is 801. The van der Waals surface area contributed by atoms with E-state index < -0.39 is 17.8 Å². The zero-order valence-corrected chi connectivity index (χ0v) is 15.5. The first kappa shape index (κ1) is 20.0. The second-order valence-electron chi connectivity index (χ2n) is 6.58. The van der Waals surface area contributed by atoms with E-state index in [9.17, 15) is 18.0 Å². The van der Waals surface area contributed by atoms with Crippen molar-refractivity contribution in [3.63, 3.8) is 0 Å². The Balaban J connectivity index is 1.54. The number of rotatable bonds is 4. The van der Waals surface area contributed by atoms with Crippen LogP contribution in [0.15, 0.2) is 48.5 Å². The van der Waals surface area contributed by atoms with Crippen molar-refractivity contribution in [2.75, 3.05) is 38.6 Å². The van der Waals surface area contributed by atoms with E-state index in [-0.39, 0.29) is 5.69 Å². The second-order valence-corrected chi connectivity index (χ2v) is 6.58. The molecule has 1 fully saturated rings. The van der Waals surface area contributed by atoms with E-state index in [1.807, 2.05) is 24.3 Å². The predicted octanol–water partition coefficient (Wildman–Crippen LogP) is 4.06. The van der Waals surface area contributed by atoms with Gasteiger partial charge in [0, 0.05) is 32.7 Å². The van der Waals surface area contributed by atoms with Gasteiger partial charge in [-0.2, -0.15) is 13.2 Å². The Labute approximate surface area is 161 Å². The average Bonchev–Trinajstić information content (AvgIpc) is 2.69. The topological polar surface area (TPSA) is 44.8 Å². The van der Waals surface area contributed by atoms with Crippen molar-refractivity contribution in [3.05, 3.63) is 59.7 Å². The van der Waals surface area contributed by atoms with Crippen LogP contribution in [-0.4, -0.2) is 49.1 Å². The molecule has 2 amide bonds. The molecule has 0 radical (unpaired) electrons. The van der Waals surface area contributed by atoms with E-state index in [1.165, 1.54) is 23.1 Å². The van der Waals surface area contributed by atoms with Gasteiger partial charge in [0.25, 0.3) is 0 Å². The van der Waals surface area contributed by atoms with Gasteiger partial charge in [0.1, 0.15) is 5.75 Å². The highest BCUT2D eigenvalue weighted by Gasteiger charge is 2.34. The molecule has 0 spiro atoms. The van der Waals surface area contributed by atoms with Gasteiger partial charge < -0.3 is 15.0 Å². The number of urea groups is 1. The maximum absolute atomic E-state index is 13.1. The van der Waals surface area contributed by atoms with Gasteiger partial charge in [0.05, 0.1) is 18.4 Å². The Hall–Kier alpha value is -2.74. The molecular formula is C20H22F3N3O2. The number of para-hydroxylation sites is 1. The monoisotopic (exact) mass is 393 g/mol. The third-order valence-electron chi connectivity index (χ3n) is 4.70. The molecule has 0 saturated carbocycles. The van der Waals surface area contributed by atoms with Crippen LogP contribution in [0.2, 0.25) is 0 Å². The molecule has 0 bridgehead atoms. The molecule has 1 N–H and O–H groups in total. The molecule has 0 atom stereocenters. The summed E-state index contributed by atoms with van der Waals surface area (Å²) in [6.45, 7) is 2.96. The summed E-state index contributed by atoms with van der Waals surface area (Å²) < 4.78 is 44.3. The Kier molecular flexibility index (Phi) is 6.08. The van der Waals surface area contributed by atoms with Gasteiger partial charge in [-0.3, -0.25) is 4.90 Å². The van der Waals surface area contributed by atoms with Crippen LogP contribution < -0.4 is 10.1 Å². The molecule has 1 heterocycles. The number of ether oxygens (including phenoxy) is 1. The molecule has 0 aromatic heterocycles. The normalized spacial score (nSPS) is 15.4. The summed E-state index contributed by atoms with van der Waals surface area (Å²) in [5, 5.41) is 2.40. The van der Waals surface area contributed by atoms with Crippen LogP contribution in [0.1, 0.15) is 11.1 Å². The highest BCUT2D eigenvalue weighted by molar-refractivity contribution is 5.90. The molecule has 3 rings (SSSR count). The minimum atomic E-state index is -4.51. The van der Waals surface area contributed by atoms with Crippen molar-refractivity contribution in [3.8, 4) is 5.75 Å². The number of alkyl halides is 3. The molecule has 150 valence electrons. The van der Waals surface area contributed by atoms with Gasteiger partial charge in [0.2, 0.25) is 0 Å². The lowest BCUT2D eigenvalue weighted by atomic mass is 10.1. The van der Waals surface area contributed by atoms with Crippen molar-refractivity contribution >= 4 is 11.7 Å². The van der Waals surface area contributed by atoms with Crippen molar-refractivity contribution in [1.82, 2.24) is 9.80 Å². The molecule has 1 saturated heterocycles. The first-order valence-electron chi connectivity index (χ1n) is 8.94. The van der Waals surface area contributed by atoms with Crippen molar-refractivity contribution in [2.24, 2.45) is 0 Å². The Morgan fingerprint density at radius 2 is 1.68 bits per heavy atom. The van der Waals surface area contributed by atoms with E-state index >= 15 is 0 Å². The fourth-order valence-electron chi connectivity index (χ4n) is 3.13. The van der Waals surface area contributed by atoms with Crippen molar-refractivity contribution < 1.29 is 22.7 Å². The lowest BCUT2D eigenvalue weighted by Gasteiger charge is -2.34. The quantitative estimate of drug-likeness (QED) is 0.852. The van der Waals surface area contributed by atoms with Gasteiger partial charge in [-0.15, -0.1) is 0 Å². The van der Waals surface area contributed by atoms with Gasteiger partial charge >= 0.3 is 12.2 Å². The number of carbonyl (C=O) groups excluding carboxylic acids is 1. The van der Waals surface area contributed by atoms with Gasteiger partial charge in [0.15, 0.2) is 0 Å². The van der Waals surface area contributed by atoms with Crippen molar-refractivity contribution in [1.29, 1.82) is 0 Å². The lowest BCUT2D eigenvalue weighted by molar-refractivity contribution is -0.136. The van der Waals surface area contributed by atoms with Gasteiger partial charge in [-0.25, -0.2) is 4.79 Å². The number of methoxy groups -OCH3 is 1. The largest absolute Gasteiger partial charge is 0.497 e. The second kappa shape index (κ2) is 8.52. The molecular weight excluding hydrogens is 371 g/mol. The highest BCUT2D eigenvalue weighted by atomic mass is 19.4. The van der Waals surface area contributed by atoms with Crippen LogP contribution in [0, 0.1) is 0 Å². The van der Waals surface area contributed by atoms with Crippen LogP contribution in [0.3, 0.4) is 0 Å². The number of hydrogen-bond donors (Lipinski definition) is 1. The molecule has 0 aliphatic carbocycles. The van der Waals surface area contributed by atoms with E-state index in [1.54, 1.807) is 7.11 Å². The number of piperazine rings is 1. The Morgan fingerprint density at radius 1 is 1.04 bits per heavy atom. The lowest BCUT2D eigenvalue weighted by Crippen LogP contribution is -2.49. The standard InChI is InChI=1S/C20H22F3N3O2/c1-28-16-8-6-15(7-9-16)14-25-10-12-26(13-11-25)19(27)24-18-5-3-2-4-17(18)20(21,22)23/h2-9H,10-14H2,1H3,(H,24,27). The number of amides is 2. The Morgan fingerprint density at radius 3 is 2.29 bits per heavy atom. The minimum Gasteiger partial charge on any atom is -0.497 e. The number of anilines is 1. The molecule has 2 aromatic rings. The van der Waals surface area contributed by atoms with E-state index in [0.29, 0.717) is 26.2 Å². The molecule has 8 heteroatoms. The number of carbonyl (C=O) groups is 1. The van der Waals surface area contributed by atoms with Crippen LogP contribution >= 0.6 is 0 Å². The molecule has 1 aliphatic heterocycles. The molecule has 1 aliphatic rings. The molecule has 0 unspecified atom stereocenters. The van der Waals surface area contributed by atoms with Crippen molar-refractivity contribution in [2.45, 2.75) is 12.7 Å². The maximum atomic E-state index is 13.1. The summed E-state index contributed by atoms with van der Waals surface area (Å²) in [5.74, 6) is 0.796. The third kappa shape index (κ3) is 4.95. The first-order valence-corrected chi connectivity index (χ1v) is 8.94. The summed E-state index contributed by atoms with van der Waals surface area (Å²) in [5.41, 5.74) is 0.0694. The summed E-state index contributed by atoms with van der Waals surface area (Å²) in [6.07, 6.45) is -4.51. The third-order valence-corrected chi connectivity index (χ3v) is 4.70. The fourth-order valence-corrected chi connectivity index (χ4v) is 3.13.